The number of anilines is 1. The number of nitrogens with zero attached hydrogens (tertiary/aromatic N) is 3. The van der Waals surface area contributed by atoms with Crippen molar-refractivity contribution in [2.45, 2.75) is 18.8 Å². The lowest BCUT2D eigenvalue weighted by atomic mass is 9.97. The molecule has 2 aromatic rings. The number of halogens is 2. The summed E-state index contributed by atoms with van der Waals surface area (Å²) in [5.74, 6) is 2.50. The summed E-state index contributed by atoms with van der Waals surface area (Å²) >= 11 is 0. The molecular formula is C19H26Cl2N4O. The molecule has 0 bridgehead atoms. The lowest BCUT2D eigenvalue weighted by Gasteiger charge is -2.29. The molecule has 0 amide bonds. The van der Waals surface area contributed by atoms with E-state index in [1.54, 1.807) is 0 Å². The molecule has 2 saturated heterocycles. The third kappa shape index (κ3) is 4.86. The summed E-state index contributed by atoms with van der Waals surface area (Å²) in [6.45, 7) is 5.45. The molecule has 2 aliphatic rings. The monoisotopic (exact) mass is 396 g/mol. The molecule has 0 aliphatic carbocycles. The number of benzene rings is 1. The molecule has 7 heteroatoms. The zero-order valence-electron chi connectivity index (χ0n) is 14.8. The lowest BCUT2D eigenvalue weighted by Crippen LogP contribution is -2.37. The van der Waals surface area contributed by atoms with Gasteiger partial charge in [-0.2, -0.15) is 0 Å². The summed E-state index contributed by atoms with van der Waals surface area (Å²) in [5.41, 5.74) is 2.19. The average molecular weight is 397 g/mol. The van der Waals surface area contributed by atoms with Crippen molar-refractivity contribution in [3.05, 3.63) is 42.2 Å². The molecule has 2 aliphatic heterocycles. The molecule has 5 nitrogen and oxygen atoms in total. The van der Waals surface area contributed by atoms with Crippen LogP contribution in [0.5, 0.6) is 0 Å². The Morgan fingerprint density at radius 2 is 1.65 bits per heavy atom. The van der Waals surface area contributed by atoms with Crippen molar-refractivity contribution in [2.24, 2.45) is 0 Å². The summed E-state index contributed by atoms with van der Waals surface area (Å²) in [4.78, 5) is 12.2. The Morgan fingerprint density at radius 1 is 0.962 bits per heavy atom. The number of aromatic nitrogens is 2. The van der Waals surface area contributed by atoms with Gasteiger partial charge in [-0.25, -0.2) is 9.97 Å². The van der Waals surface area contributed by atoms with Gasteiger partial charge in [0.25, 0.3) is 0 Å². The normalized spacial score (nSPS) is 17.9. The van der Waals surface area contributed by atoms with Crippen molar-refractivity contribution in [1.82, 2.24) is 15.3 Å². The molecule has 2 fully saturated rings. The minimum absolute atomic E-state index is 0. The predicted octanol–water partition coefficient (Wildman–Crippen LogP) is 3.29. The van der Waals surface area contributed by atoms with Gasteiger partial charge in [0, 0.05) is 30.6 Å². The van der Waals surface area contributed by atoms with Gasteiger partial charge < -0.3 is 15.0 Å². The number of morpholine rings is 1. The summed E-state index contributed by atoms with van der Waals surface area (Å²) < 4.78 is 5.49. The topological polar surface area (TPSA) is 50.3 Å². The van der Waals surface area contributed by atoms with Crippen LogP contribution in [0.15, 0.2) is 36.4 Å². The molecule has 26 heavy (non-hydrogen) atoms. The molecule has 4 rings (SSSR count). The highest BCUT2D eigenvalue weighted by Gasteiger charge is 2.22. The van der Waals surface area contributed by atoms with Crippen LogP contribution in [-0.4, -0.2) is 49.4 Å². The van der Waals surface area contributed by atoms with Gasteiger partial charge in [-0.05, 0) is 25.9 Å². The number of rotatable bonds is 3. The zero-order valence-corrected chi connectivity index (χ0v) is 16.4. The van der Waals surface area contributed by atoms with Crippen LogP contribution in [0.4, 0.5) is 5.82 Å². The Kier molecular flexibility index (Phi) is 8.10. The summed E-state index contributed by atoms with van der Waals surface area (Å²) in [6, 6.07) is 12.5. The maximum absolute atomic E-state index is 5.49. The number of hydrogen-bond acceptors (Lipinski definition) is 5. The molecule has 1 N–H and O–H groups in total. The third-order valence-electron chi connectivity index (χ3n) is 4.84. The Morgan fingerprint density at radius 3 is 2.35 bits per heavy atom. The van der Waals surface area contributed by atoms with E-state index >= 15 is 0 Å². The van der Waals surface area contributed by atoms with Gasteiger partial charge in [0.05, 0.1) is 18.9 Å². The molecule has 0 spiro atoms. The van der Waals surface area contributed by atoms with Crippen LogP contribution in [0.2, 0.25) is 0 Å². The molecule has 0 unspecified atom stereocenters. The molecule has 0 atom stereocenters. The van der Waals surface area contributed by atoms with Crippen molar-refractivity contribution in [1.29, 1.82) is 0 Å². The van der Waals surface area contributed by atoms with E-state index in [2.05, 4.69) is 40.5 Å². The fraction of sp³-hybridized carbons (Fsp3) is 0.474. The predicted molar refractivity (Wildman–Crippen MR) is 110 cm³/mol. The van der Waals surface area contributed by atoms with E-state index in [1.165, 1.54) is 0 Å². The fourth-order valence-electron chi connectivity index (χ4n) is 3.43. The molecule has 1 aromatic heterocycles. The van der Waals surface area contributed by atoms with E-state index < -0.39 is 0 Å². The van der Waals surface area contributed by atoms with Crippen molar-refractivity contribution >= 4 is 30.6 Å². The van der Waals surface area contributed by atoms with Gasteiger partial charge in [0.2, 0.25) is 0 Å². The van der Waals surface area contributed by atoms with Gasteiger partial charge in [-0.1, -0.05) is 30.3 Å². The Hall–Kier alpha value is -1.40. The third-order valence-corrected chi connectivity index (χ3v) is 4.84. The highest BCUT2D eigenvalue weighted by atomic mass is 35.5. The van der Waals surface area contributed by atoms with E-state index in [9.17, 15) is 0 Å². The minimum atomic E-state index is 0. The van der Waals surface area contributed by atoms with Crippen molar-refractivity contribution < 1.29 is 4.74 Å². The average Bonchev–Trinajstić information content (AvgIpc) is 2.70. The molecule has 0 radical (unpaired) electrons. The number of piperidine rings is 1. The Bertz CT molecular complexity index is 638. The first-order valence-corrected chi connectivity index (χ1v) is 8.88. The van der Waals surface area contributed by atoms with Crippen LogP contribution in [0.25, 0.3) is 11.3 Å². The highest BCUT2D eigenvalue weighted by molar-refractivity contribution is 5.85. The molecule has 1 aromatic carbocycles. The second-order valence-corrected chi connectivity index (χ2v) is 6.46. The first kappa shape index (κ1) is 20.9. The van der Waals surface area contributed by atoms with E-state index in [4.69, 9.17) is 14.7 Å². The maximum Gasteiger partial charge on any atom is 0.134 e. The van der Waals surface area contributed by atoms with E-state index in [0.29, 0.717) is 5.92 Å². The molecule has 0 saturated carbocycles. The van der Waals surface area contributed by atoms with Crippen LogP contribution < -0.4 is 10.2 Å². The van der Waals surface area contributed by atoms with Gasteiger partial charge in [0.1, 0.15) is 11.6 Å². The molecule has 142 valence electrons. The highest BCUT2D eigenvalue weighted by Crippen LogP contribution is 2.28. The van der Waals surface area contributed by atoms with Crippen LogP contribution in [0, 0.1) is 0 Å². The second-order valence-electron chi connectivity index (χ2n) is 6.46. The maximum atomic E-state index is 5.49. The molecular weight excluding hydrogens is 371 g/mol. The quantitative estimate of drug-likeness (QED) is 0.862. The van der Waals surface area contributed by atoms with E-state index in [-0.39, 0.29) is 24.8 Å². The first-order chi connectivity index (χ1) is 11.9. The summed E-state index contributed by atoms with van der Waals surface area (Å²) in [7, 11) is 0. The number of nitrogens with one attached hydrogen (secondary N) is 1. The van der Waals surface area contributed by atoms with Gasteiger partial charge in [-0.15, -0.1) is 24.8 Å². The van der Waals surface area contributed by atoms with Crippen LogP contribution in [0.1, 0.15) is 24.6 Å². The number of ether oxygens (including phenoxy) is 1. The van der Waals surface area contributed by atoms with Crippen LogP contribution in [-0.2, 0) is 4.74 Å². The van der Waals surface area contributed by atoms with Gasteiger partial charge in [-0.3, -0.25) is 0 Å². The van der Waals surface area contributed by atoms with Crippen LogP contribution in [0.3, 0.4) is 0 Å². The zero-order chi connectivity index (χ0) is 16.2. The standard InChI is InChI=1S/C19H24N4O.2ClH/c1-2-4-15(5-3-1)17-14-18(23-10-12-24-13-11-23)22-19(21-17)16-6-8-20-9-7-16;;/h1-5,14,16,20H,6-13H2;2*1H. The number of hydrogen-bond donors (Lipinski definition) is 1. The summed E-state index contributed by atoms with van der Waals surface area (Å²) in [6.07, 6.45) is 2.22. The van der Waals surface area contributed by atoms with E-state index in [1.807, 2.05) is 6.07 Å². The SMILES string of the molecule is Cl.Cl.c1ccc(-c2cc(N3CCOCC3)nc(C3CCNCC3)n2)cc1. The lowest BCUT2D eigenvalue weighted by molar-refractivity contribution is 0.122. The van der Waals surface area contributed by atoms with Crippen LogP contribution >= 0.6 is 24.8 Å². The van der Waals surface area contributed by atoms with Gasteiger partial charge >= 0.3 is 0 Å². The van der Waals surface area contributed by atoms with Gasteiger partial charge in [0.15, 0.2) is 0 Å². The fourth-order valence-corrected chi connectivity index (χ4v) is 3.43. The second kappa shape index (κ2) is 10.1. The summed E-state index contributed by atoms with van der Waals surface area (Å²) in [5, 5.41) is 3.43. The van der Waals surface area contributed by atoms with E-state index in [0.717, 1.165) is 75.1 Å². The largest absolute Gasteiger partial charge is 0.378 e. The smallest absolute Gasteiger partial charge is 0.134 e. The molecule has 3 heterocycles. The van der Waals surface area contributed by atoms with Crippen molar-refractivity contribution in [3.8, 4) is 11.3 Å². The van der Waals surface area contributed by atoms with Crippen molar-refractivity contribution in [2.75, 3.05) is 44.3 Å². The first-order valence-electron chi connectivity index (χ1n) is 8.88. The Labute approximate surface area is 167 Å². The van der Waals surface area contributed by atoms with Crippen molar-refractivity contribution in [3.63, 3.8) is 0 Å². The Balaban J connectivity index is 0.00000121. The minimum Gasteiger partial charge on any atom is -0.378 e.